The van der Waals surface area contributed by atoms with Crippen molar-refractivity contribution >= 4 is 21.4 Å². The number of anilines is 1. The SMILES string of the molecule is Cc1ccc([N+](=O)[O-])c(NCc2ccc(S(N)(=O)=O)o2)c1. The monoisotopic (exact) mass is 311 g/mol. The van der Waals surface area contributed by atoms with Gasteiger partial charge in [-0.05, 0) is 30.7 Å². The maximum atomic E-state index is 11.1. The van der Waals surface area contributed by atoms with Gasteiger partial charge in [-0.1, -0.05) is 6.07 Å². The number of benzene rings is 1. The van der Waals surface area contributed by atoms with Crippen molar-refractivity contribution in [3.63, 3.8) is 0 Å². The Kier molecular flexibility index (Phi) is 3.96. The lowest BCUT2D eigenvalue weighted by atomic mass is 10.2. The average molecular weight is 311 g/mol. The second kappa shape index (κ2) is 5.54. The van der Waals surface area contributed by atoms with Crippen molar-refractivity contribution < 1.29 is 17.8 Å². The molecule has 2 rings (SSSR count). The van der Waals surface area contributed by atoms with Gasteiger partial charge in [0, 0.05) is 6.07 Å². The van der Waals surface area contributed by atoms with Crippen LogP contribution in [0, 0.1) is 17.0 Å². The molecule has 0 aliphatic rings. The van der Waals surface area contributed by atoms with Gasteiger partial charge in [-0.15, -0.1) is 0 Å². The summed E-state index contributed by atoms with van der Waals surface area (Å²) in [5.41, 5.74) is 1.11. The van der Waals surface area contributed by atoms with Crippen LogP contribution < -0.4 is 10.5 Å². The smallest absolute Gasteiger partial charge is 0.292 e. The van der Waals surface area contributed by atoms with Crippen LogP contribution in [0.4, 0.5) is 11.4 Å². The molecular weight excluding hydrogens is 298 g/mol. The number of nitro benzene ring substituents is 1. The summed E-state index contributed by atoms with van der Waals surface area (Å²) in [7, 11) is -3.90. The van der Waals surface area contributed by atoms with E-state index in [4.69, 9.17) is 9.56 Å². The van der Waals surface area contributed by atoms with Crippen LogP contribution in [0.15, 0.2) is 39.8 Å². The standard InChI is InChI=1S/C12H13N3O5S/c1-8-2-4-11(15(16)17)10(6-8)14-7-9-3-5-12(20-9)21(13,18)19/h2-6,14H,7H2,1H3,(H2,13,18,19). The molecule has 0 atom stereocenters. The van der Waals surface area contributed by atoms with Crippen molar-refractivity contribution in [1.82, 2.24) is 0 Å². The van der Waals surface area contributed by atoms with Crippen molar-refractivity contribution in [2.45, 2.75) is 18.6 Å². The average Bonchev–Trinajstić information content (AvgIpc) is 2.84. The van der Waals surface area contributed by atoms with E-state index in [1.807, 2.05) is 0 Å². The summed E-state index contributed by atoms with van der Waals surface area (Å²) in [6, 6.07) is 7.33. The molecule has 0 bridgehead atoms. The van der Waals surface area contributed by atoms with Crippen molar-refractivity contribution in [3.05, 3.63) is 51.8 Å². The Morgan fingerprint density at radius 2 is 2.05 bits per heavy atom. The highest BCUT2D eigenvalue weighted by Gasteiger charge is 2.16. The molecule has 21 heavy (non-hydrogen) atoms. The van der Waals surface area contributed by atoms with E-state index >= 15 is 0 Å². The molecule has 0 saturated heterocycles. The molecule has 3 N–H and O–H groups in total. The maximum absolute atomic E-state index is 11.1. The summed E-state index contributed by atoms with van der Waals surface area (Å²) < 4.78 is 27.2. The van der Waals surface area contributed by atoms with Gasteiger partial charge in [0.25, 0.3) is 15.7 Å². The first kappa shape index (κ1) is 15.0. The number of furan rings is 1. The molecule has 0 aliphatic carbocycles. The van der Waals surface area contributed by atoms with Crippen LogP contribution in [0.2, 0.25) is 0 Å². The number of rotatable bonds is 5. The fraction of sp³-hybridized carbons (Fsp3) is 0.167. The number of nitrogens with one attached hydrogen (secondary N) is 1. The van der Waals surface area contributed by atoms with Gasteiger partial charge < -0.3 is 9.73 Å². The summed E-state index contributed by atoms with van der Waals surface area (Å²) in [5.74, 6) is 0.301. The number of hydrogen-bond acceptors (Lipinski definition) is 6. The third-order valence-electron chi connectivity index (χ3n) is 2.72. The Bertz CT molecular complexity index is 782. The lowest BCUT2D eigenvalue weighted by Gasteiger charge is -2.06. The number of primary sulfonamides is 1. The predicted molar refractivity (Wildman–Crippen MR) is 75.2 cm³/mol. The molecule has 0 unspecified atom stereocenters. The van der Waals surface area contributed by atoms with E-state index < -0.39 is 14.9 Å². The molecule has 0 radical (unpaired) electrons. The zero-order valence-electron chi connectivity index (χ0n) is 11.1. The van der Waals surface area contributed by atoms with Crippen LogP contribution in [-0.4, -0.2) is 13.3 Å². The molecule has 1 aromatic heterocycles. The van der Waals surface area contributed by atoms with Crippen LogP contribution in [-0.2, 0) is 16.6 Å². The van der Waals surface area contributed by atoms with Crippen molar-refractivity contribution in [1.29, 1.82) is 0 Å². The second-order valence-corrected chi connectivity index (χ2v) is 5.89. The lowest BCUT2D eigenvalue weighted by Crippen LogP contribution is -2.10. The zero-order chi connectivity index (χ0) is 15.6. The van der Waals surface area contributed by atoms with Gasteiger partial charge >= 0.3 is 0 Å². The Hall–Kier alpha value is -2.39. The Morgan fingerprint density at radius 1 is 1.33 bits per heavy atom. The lowest BCUT2D eigenvalue weighted by molar-refractivity contribution is -0.384. The summed E-state index contributed by atoms with van der Waals surface area (Å²) >= 11 is 0. The number of sulfonamides is 1. The minimum atomic E-state index is -3.90. The number of nitrogens with zero attached hydrogens (tertiary/aromatic N) is 1. The summed E-state index contributed by atoms with van der Waals surface area (Å²) in [4.78, 5) is 10.4. The van der Waals surface area contributed by atoms with E-state index in [1.165, 1.54) is 18.2 Å². The normalized spacial score (nSPS) is 11.3. The van der Waals surface area contributed by atoms with E-state index in [1.54, 1.807) is 19.1 Å². The Morgan fingerprint density at radius 3 is 2.62 bits per heavy atom. The first-order valence-electron chi connectivity index (χ1n) is 5.88. The minimum Gasteiger partial charge on any atom is -0.446 e. The number of nitrogens with two attached hydrogens (primary N) is 1. The summed E-state index contributed by atoms with van der Waals surface area (Å²) in [6.07, 6.45) is 0. The van der Waals surface area contributed by atoms with E-state index in [2.05, 4.69) is 5.32 Å². The number of nitro groups is 1. The van der Waals surface area contributed by atoms with Gasteiger partial charge in [0.2, 0.25) is 5.09 Å². The topological polar surface area (TPSA) is 128 Å². The van der Waals surface area contributed by atoms with Gasteiger partial charge in [0.15, 0.2) is 0 Å². The van der Waals surface area contributed by atoms with E-state index in [0.29, 0.717) is 11.4 Å². The molecule has 0 saturated carbocycles. The van der Waals surface area contributed by atoms with Gasteiger partial charge in [-0.3, -0.25) is 10.1 Å². The molecule has 8 nitrogen and oxygen atoms in total. The molecule has 0 amide bonds. The highest BCUT2D eigenvalue weighted by atomic mass is 32.2. The molecule has 1 heterocycles. The summed E-state index contributed by atoms with van der Waals surface area (Å²) in [6.45, 7) is 1.90. The van der Waals surface area contributed by atoms with E-state index in [-0.39, 0.29) is 17.3 Å². The largest absolute Gasteiger partial charge is 0.446 e. The predicted octanol–water partition coefficient (Wildman–Crippen LogP) is 1.76. The number of aryl methyl sites for hydroxylation is 1. The molecule has 112 valence electrons. The molecular formula is C12H13N3O5S. The van der Waals surface area contributed by atoms with Crippen molar-refractivity contribution in [2.75, 3.05) is 5.32 Å². The fourth-order valence-corrected chi connectivity index (χ4v) is 2.22. The van der Waals surface area contributed by atoms with Crippen molar-refractivity contribution in [3.8, 4) is 0 Å². The zero-order valence-corrected chi connectivity index (χ0v) is 11.9. The first-order valence-corrected chi connectivity index (χ1v) is 7.42. The summed E-state index contributed by atoms with van der Waals surface area (Å²) in [5, 5.41) is 18.4. The van der Waals surface area contributed by atoms with Crippen LogP contribution in [0.1, 0.15) is 11.3 Å². The van der Waals surface area contributed by atoms with Gasteiger partial charge in [-0.2, -0.15) is 0 Å². The van der Waals surface area contributed by atoms with Crippen LogP contribution in [0.5, 0.6) is 0 Å². The molecule has 9 heteroatoms. The third-order valence-corrected chi connectivity index (χ3v) is 3.50. The minimum absolute atomic E-state index is 0.0705. The van der Waals surface area contributed by atoms with E-state index in [9.17, 15) is 18.5 Å². The number of hydrogen-bond donors (Lipinski definition) is 2. The third kappa shape index (κ3) is 3.58. The molecule has 0 spiro atoms. The second-order valence-electron chi connectivity index (χ2n) is 4.40. The molecule has 0 aliphatic heterocycles. The maximum Gasteiger partial charge on any atom is 0.292 e. The van der Waals surface area contributed by atoms with E-state index in [0.717, 1.165) is 5.56 Å². The first-order chi connectivity index (χ1) is 9.77. The van der Waals surface area contributed by atoms with Gasteiger partial charge in [-0.25, -0.2) is 13.6 Å². The van der Waals surface area contributed by atoms with Gasteiger partial charge in [0.1, 0.15) is 11.4 Å². The highest BCUT2D eigenvalue weighted by Crippen LogP contribution is 2.26. The highest BCUT2D eigenvalue weighted by molar-refractivity contribution is 7.89. The quantitative estimate of drug-likeness (QED) is 0.639. The molecule has 1 aromatic carbocycles. The Labute approximate surface area is 120 Å². The molecule has 0 fully saturated rings. The fourth-order valence-electron chi connectivity index (χ4n) is 1.74. The van der Waals surface area contributed by atoms with Gasteiger partial charge in [0.05, 0.1) is 11.5 Å². The van der Waals surface area contributed by atoms with Crippen LogP contribution in [0.3, 0.4) is 0 Å². The van der Waals surface area contributed by atoms with Crippen LogP contribution in [0.25, 0.3) is 0 Å². The Balaban J connectivity index is 2.18. The molecule has 2 aromatic rings. The van der Waals surface area contributed by atoms with Crippen molar-refractivity contribution in [2.24, 2.45) is 5.14 Å². The van der Waals surface area contributed by atoms with Crippen LogP contribution >= 0.6 is 0 Å².